The average molecular weight is 337 g/mol. The molecule has 0 spiro atoms. The summed E-state index contributed by atoms with van der Waals surface area (Å²) < 4.78 is 0.547. The summed E-state index contributed by atoms with van der Waals surface area (Å²) in [5, 5.41) is 0. The first kappa shape index (κ1) is 14.4. The molecular weight excluding hydrogens is 326 g/mol. The number of likely N-dealkylation sites (N-methyl/N-ethyl adjacent to an activating group) is 1. The molecule has 1 fully saturated rings. The lowest BCUT2D eigenvalue weighted by molar-refractivity contribution is -0.121. The van der Waals surface area contributed by atoms with Crippen molar-refractivity contribution in [3.8, 4) is 11.1 Å². The first-order valence-corrected chi connectivity index (χ1v) is 8.29. The molecule has 0 unspecified atom stereocenters. The summed E-state index contributed by atoms with van der Waals surface area (Å²) in [6.07, 6.45) is 1.83. The van der Waals surface area contributed by atoms with E-state index in [1.165, 1.54) is 16.7 Å². The highest BCUT2D eigenvalue weighted by molar-refractivity contribution is 8.26. The van der Waals surface area contributed by atoms with E-state index >= 15 is 0 Å². The number of thiocarbonyl (C=S) groups is 1. The van der Waals surface area contributed by atoms with Gasteiger partial charge >= 0.3 is 0 Å². The van der Waals surface area contributed by atoms with Crippen LogP contribution in [0.4, 0.5) is 0 Å². The normalized spacial score (nSPS) is 17.9. The number of carbonyl (C=O) groups excluding carboxylic acids is 2. The van der Waals surface area contributed by atoms with Crippen LogP contribution in [-0.2, 0) is 4.79 Å². The molecule has 0 atom stereocenters. The second kappa shape index (κ2) is 5.15. The third-order valence-electron chi connectivity index (χ3n) is 4.06. The van der Waals surface area contributed by atoms with E-state index in [2.05, 4.69) is 0 Å². The van der Waals surface area contributed by atoms with Crippen molar-refractivity contribution >= 4 is 46.1 Å². The van der Waals surface area contributed by atoms with E-state index in [1.807, 2.05) is 48.5 Å². The van der Waals surface area contributed by atoms with Gasteiger partial charge in [0.1, 0.15) is 4.32 Å². The molecule has 0 aromatic heterocycles. The molecule has 1 saturated heterocycles. The number of amides is 1. The Bertz CT molecular complexity index is 930. The van der Waals surface area contributed by atoms with Gasteiger partial charge in [-0.15, -0.1) is 0 Å². The number of benzene rings is 2. The molecule has 1 heterocycles. The van der Waals surface area contributed by atoms with Crippen LogP contribution in [0.5, 0.6) is 0 Å². The van der Waals surface area contributed by atoms with Gasteiger partial charge in [-0.1, -0.05) is 66.4 Å². The molecule has 2 aliphatic rings. The second-order valence-electron chi connectivity index (χ2n) is 5.39. The van der Waals surface area contributed by atoms with Crippen LogP contribution in [0.15, 0.2) is 47.4 Å². The lowest BCUT2D eigenvalue weighted by Crippen LogP contribution is -2.22. The zero-order valence-electron chi connectivity index (χ0n) is 12.2. The third kappa shape index (κ3) is 2.08. The first-order chi connectivity index (χ1) is 11.1. The maximum Gasteiger partial charge on any atom is 0.265 e. The van der Waals surface area contributed by atoms with Crippen LogP contribution >= 0.6 is 24.0 Å². The number of rotatable bonds is 1. The monoisotopic (exact) mass is 337 g/mol. The maximum atomic E-state index is 12.5. The zero-order chi connectivity index (χ0) is 16.1. The highest BCUT2D eigenvalue weighted by Crippen LogP contribution is 2.41. The predicted octanol–water partition coefficient (Wildman–Crippen LogP) is 3.73. The average Bonchev–Trinajstić information content (AvgIpc) is 2.99. The second-order valence-corrected chi connectivity index (χ2v) is 7.06. The van der Waals surface area contributed by atoms with Crippen molar-refractivity contribution in [2.24, 2.45) is 0 Å². The van der Waals surface area contributed by atoms with Crippen molar-refractivity contribution < 1.29 is 9.59 Å². The van der Waals surface area contributed by atoms with E-state index in [9.17, 15) is 9.59 Å². The molecule has 1 aliphatic heterocycles. The smallest absolute Gasteiger partial charge is 0.265 e. The van der Waals surface area contributed by atoms with E-state index in [1.54, 1.807) is 7.05 Å². The number of carbonyl (C=O) groups is 2. The Morgan fingerprint density at radius 2 is 1.70 bits per heavy atom. The summed E-state index contributed by atoms with van der Waals surface area (Å²) >= 11 is 6.45. The summed E-state index contributed by atoms with van der Waals surface area (Å²) in [6.45, 7) is 0. The molecule has 0 radical (unpaired) electrons. The molecule has 0 bridgehead atoms. The van der Waals surface area contributed by atoms with Crippen LogP contribution in [0.25, 0.3) is 17.2 Å². The Morgan fingerprint density at radius 1 is 1.00 bits per heavy atom. The highest BCUT2D eigenvalue weighted by Gasteiger charge is 2.31. The number of nitrogens with zero attached hydrogens (tertiary/aromatic N) is 1. The fraction of sp³-hybridized carbons (Fsp3) is 0.0556. The van der Waals surface area contributed by atoms with Gasteiger partial charge in [-0.3, -0.25) is 14.5 Å². The standard InChI is InChI=1S/C18H11NO2S2/c1-19-17(21)14(23-18(19)22)9-10-5-4-8-13-15(10)11-6-2-3-7-12(11)16(13)20/h2-9H,1H3/b14-9+. The Labute approximate surface area is 143 Å². The molecule has 23 heavy (non-hydrogen) atoms. The van der Waals surface area contributed by atoms with E-state index in [-0.39, 0.29) is 11.7 Å². The largest absolute Gasteiger partial charge is 0.296 e. The van der Waals surface area contributed by atoms with Crippen LogP contribution < -0.4 is 0 Å². The Morgan fingerprint density at radius 3 is 2.39 bits per heavy atom. The van der Waals surface area contributed by atoms with Crippen LogP contribution in [0, 0.1) is 0 Å². The zero-order valence-corrected chi connectivity index (χ0v) is 13.8. The number of fused-ring (bicyclic) bond motifs is 3. The lowest BCUT2D eigenvalue weighted by Gasteiger charge is -2.06. The summed E-state index contributed by atoms with van der Waals surface area (Å²) in [6, 6.07) is 13.2. The predicted molar refractivity (Wildman–Crippen MR) is 96.2 cm³/mol. The van der Waals surface area contributed by atoms with Gasteiger partial charge < -0.3 is 0 Å². The van der Waals surface area contributed by atoms with Crippen molar-refractivity contribution in [3.63, 3.8) is 0 Å². The molecule has 1 amide bonds. The van der Waals surface area contributed by atoms with E-state index in [0.717, 1.165) is 16.7 Å². The molecule has 112 valence electrons. The first-order valence-electron chi connectivity index (χ1n) is 7.06. The maximum absolute atomic E-state index is 12.5. The van der Waals surface area contributed by atoms with Crippen molar-refractivity contribution in [1.29, 1.82) is 0 Å². The number of hydrogen-bond acceptors (Lipinski definition) is 4. The Kier molecular flexibility index (Phi) is 3.21. The number of hydrogen-bond donors (Lipinski definition) is 0. The Hall–Kier alpha value is -2.24. The highest BCUT2D eigenvalue weighted by atomic mass is 32.2. The molecule has 3 nitrogen and oxygen atoms in total. The van der Waals surface area contributed by atoms with Crippen LogP contribution in [0.1, 0.15) is 21.5 Å². The molecule has 2 aromatic rings. The lowest BCUT2D eigenvalue weighted by atomic mass is 9.99. The molecule has 5 heteroatoms. The number of thioether (sulfide) groups is 1. The van der Waals surface area contributed by atoms with Crippen LogP contribution in [0.2, 0.25) is 0 Å². The van der Waals surface area contributed by atoms with Gasteiger partial charge in [-0.2, -0.15) is 0 Å². The fourth-order valence-corrected chi connectivity index (χ4v) is 4.08. The molecule has 2 aromatic carbocycles. The van der Waals surface area contributed by atoms with Crippen molar-refractivity contribution in [1.82, 2.24) is 4.90 Å². The molecule has 0 saturated carbocycles. The fourth-order valence-electron chi connectivity index (χ4n) is 2.91. The van der Waals surface area contributed by atoms with Gasteiger partial charge in [0.05, 0.1) is 4.91 Å². The van der Waals surface area contributed by atoms with Gasteiger partial charge in [0.25, 0.3) is 5.91 Å². The van der Waals surface area contributed by atoms with Gasteiger partial charge in [0.15, 0.2) is 5.78 Å². The van der Waals surface area contributed by atoms with Crippen LogP contribution in [0.3, 0.4) is 0 Å². The quantitative estimate of drug-likeness (QED) is 0.501. The van der Waals surface area contributed by atoms with Gasteiger partial charge in [0, 0.05) is 23.7 Å². The molecule has 1 aliphatic carbocycles. The van der Waals surface area contributed by atoms with Crippen molar-refractivity contribution in [2.45, 2.75) is 0 Å². The summed E-state index contributed by atoms with van der Waals surface area (Å²) in [5.74, 6) is -0.0656. The van der Waals surface area contributed by atoms with E-state index < -0.39 is 0 Å². The van der Waals surface area contributed by atoms with Gasteiger partial charge in [0.2, 0.25) is 0 Å². The Balaban J connectivity index is 1.91. The summed E-state index contributed by atoms with van der Waals surface area (Å²) in [5.41, 5.74) is 4.09. The van der Waals surface area contributed by atoms with Gasteiger partial charge in [-0.05, 0) is 17.2 Å². The molecular formula is C18H11NO2S2. The SMILES string of the molecule is CN1C(=O)/C(=C\c2cccc3c2-c2ccccc2C3=O)SC1=S. The minimum absolute atomic E-state index is 0.0360. The van der Waals surface area contributed by atoms with E-state index in [0.29, 0.717) is 20.4 Å². The number of ketones is 1. The van der Waals surface area contributed by atoms with Crippen LogP contribution in [-0.4, -0.2) is 28.0 Å². The molecule has 4 rings (SSSR count). The summed E-state index contributed by atoms with van der Waals surface area (Å²) in [4.78, 5) is 26.8. The van der Waals surface area contributed by atoms with E-state index in [4.69, 9.17) is 12.2 Å². The summed E-state index contributed by atoms with van der Waals surface area (Å²) in [7, 11) is 1.67. The minimum atomic E-state index is -0.102. The molecule has 0 N–H and O–H groups in total. The topological polar surface area (TPSA) is 37.4 Å². The van der Waals surface area contributed by atoms with Crippen molar-refractivity contribution in [2.75, 3.05) is 7.05 Å². The van der Waals surface area contributed by atoms with Gasteiger partial charge in [-0.25, -0.2) is 0 Å². The minimum Gasteiger partial charge on any atom is -0.296 e. The van der Waals surface area contributed by atoms with Crippen molar-refractivity contribution in [3.05, 3.63) is 64.1 Å². The third-order valence-corrected chi connectivity index (χ3v) is 5.54.